The molecule has 1 aromatic rings. The van der Waals surface area contributed by atoms with Gasteiger partial charge in [-0.3, -0.25) is 0 Å². The maximum atomic E-state index is 13.8. The Morgan fingerprint density at radius 2 is 2.21 bits per heavy atom. The molecule has 0 heterocycles. The third kappa shape index (κ3) is 1.57. The van der Waals surface area contributed by atoms with E-state index in [2.05, 4.69) is 0 Å². The summed E-state index contributed by atoms with van der Waals surface area (Å²) in [6.07, 6.45) is 4.70. The highest BCUT2D eigenvalue weighted by atomic mass is 19.1. The van der Waals surface area contributed by atoms with E-state index in [9.17, 15) is 9.18 Å². The molecule has 2 heteroatoms. The smallest absolute Gasteiger partial charge is 0.129 e. The topological polar surface area (TPSA) is 17.1 Å². The molecule has 1 aromatic carbocycles. The molecule has 1 aliphatic rings. The largest absolute Gasteiger partial charge is 0.303 e. The minimum Gasteiger partial charge on any atom is -0.303 e. The number of aryl methyl sites for hydroxylation is 2. The number of hydrogen-bond acceptors (Lipinski definition) is 1. The number of carbonyl (C=O) groups excluding carboxylic acids is 1. The summed E-state index contributed by atoms with van der Waals surface area (Å²) in [6.45, 7) is 0. The molecule has 0 amide bonds. The van der Waals surface area contributed by atoms with Crippen molar-refractivity contribution in [2.75, 3.05) is 0 Å². The van der Waals surface area contributed by atoms with Gasteiger partial charge in [-0.1, -0.05) is 12.1 Å². The summed E-state index contributed by atoms with van der Waals surface area (Å²) in [6, 6.07) is 3.83. The summed E-state index contributed by atoms with van der Waals surface area (Å²) in [5.41, 5.74) is 2.73. The number of aldehydes is 1. The number of fused-ring (bicyclic) bond motifs is 1. The fourth-order valence-corrected chi connectivity index (χ4v) is 2.08. The van der Waals surface area contributed by atoms with Crippen LogP contribution in [0.3, 0.4) is 0 Å². The summed E-state index contributed by atoms with van der Waals surface area (Å²) in [5.74, 6) is -0.0677. The summed E-state index contributed by atoms with van der Waals surface area (Å²) in [5, 5.41) is 0. The van der Waals surface area contributed by atoms with Crippen LogP contribution in [0.25, 0.3) is 0 Å². The van der Waals surface area contributed by atoms with Crippen molar-refractivity contribution >= 4 is 6.29 Å². The highest BCUT2D eigenvalue weighted by molar-refractivity contribution is 5.50. The van der Waals surface area contributed by atoms with E-state index in [1.54, 1.807) is 0 Å². The number of rotatable bonds is 3. The van der Waals surface area contributed by atoms with Crippen LogP contribution >= 0.6 is 0 Å². The normalized spacial score (nSPS) is 14.1. The van der Waals surface area contributed by atoms with Gasteiger partial charge in [0.05, 0.1) is 0 Å². The van der Waals surface area contributed by atoms with Crippen LogP contribution < -0.4 is 0 Å². The molecule has 74 valence electrons. The zero-order valence-corrected chi connectivity index (χ0v) is 8.05. The van der Waals surface area contributed by atoms with Crippen molar-refractivity contribution in [3.63, 3.8) is 0 Å². The Balaban J connectivity index is 2.30. The van der Waals surface area contributed by atoms with Crippen molar-refractivity contribution in [2.45, 2.75) is 32.1 Å². The van der Waals surface area contributed by atoms with Gasteiger partial charge in [0.1, 0.15) is 12.1 Å². The quantitative estimate of drug-likeness (QED) is 0.672. The van der Waals surface area contributed by atoms with E-state index < -0.39 is 0 Å². The van der Waals surface area contributed by atoms with Crippen LogP contribution in [-0.4, -0.2) is 6.29 Å². The molecule has 0 atom stereocenters. The number of halogens is 1. The van der Waals surface area contributed by atoms with E-state index in [0.29, 0.717) is 18.4 Å². The van der Waals surface area contributed by atoms with Gasteiger partial charge in [-0.25, -0.2) is 4.39 Å². The average Bonchev–Trinajstić information content (AvgIpc) is 2.66. The molecular weight excluding hydrogens is 179 g/mol. The Labute approximate surface area is 82.9 Å². The molecule has 0 unspecified atom stereocenters. The molecule has 0 bridgehead atoms. The zero-order valence-electron chi connectivity index (χ0n) is 8.05. The van der Waals surface area contributed by atoms with Gasteiger partial charge in [0.15, 0.2) is 0 Å². The van der Waals surface area contributed by atoms with Gasteiger partial charge in [-0.15, -0.1) is 0 Å². The first-order valence-corrected chi connectivity index (χ1v) is 5.05. The van der Waals surface area contributed by atoms with Crippen LogP contribution in [0.1, 0.15) is 29.5 Å². The van der Waals surface area contributed by atoms with Gasteiger partial charge in [-0.2, -0.15) is 0 Å². The predicted molar refractivity (Wildman–Crippen MR) is 52.8 cm³/mol. The lowest BCUT2D eigenvalue weighted by atomic mass is 10.0. The fraction of sp³-hybridized carbons (Fsp3) is 0.417. The number of carbonyl (C=O) groups is 1. The Bertz CT molecular complexity index is 358. The zero-order chi connectivity index (χ0) is 9.97. The van der Waals surface area contributed by atoms with Crippen LogP contribution in [0.2, 0.25) is 0 Å². The molecule has 14 heavy (non-hydrogen) atoms. The molecule has 0 radical (unpaired) electrons. The second-order valence-corrected chi connectivity index (χ2v) is 3.74. The summed E-state index contributed by atoms with van der Waals surface area (Å²) in [4.78, 5) is 10.2. The van der Waals surface area contributed by atoms with E-state index in [0.717, 1.165) is 36.7 Å². The Kier molecular flexibility index (Phi) is 2.62. The third-order valence-electron chi connectivity index (χ3n) is 2.82. The highest BCUT2D eigenvalue weighted by Gasteiger charge is 2.17. The van der Waals surface area contributed by atoms with Crippen molar-refractivity contribution < 1.29 is 9.18 Å². The van der Waals surface area contributed by atoms with E-state index in [-0.39, 0.29) is 5.82 Å². The first-order valence-electron chi connectivity index (χ1n) is 5.05. The predicted octanol–water partition coefficient (Wildman–Crippen LogP) is 2.45. The molecule has 1 aliphatic carbocycles. The first-order chi connectivity index (χ1) is 6.83. The van der Waals surface area contributed by atoms with Crippen molar-refractivity contribution in [1.82, 2.24) is 0 Å². The molecule has 0 spiro atoms. The lowest BCUT2D eigenvalue weighted by Crippen LogP contribution is -1.97. The van der Waals surface area contributed by atoms with Crippen LogP contribution in [0.5, 0.6) is 0 Å². The molecule has 2 rings (SSSR count). The van der Waals surface area contributed by atoms with Gasteiger partial charge < -0.3 is 4.79 Å². The minimum absolute atomic E-state index is 0.0677. The highest BCUT2D eigenvalue weighted by Crippen LogP contribution is 2.26. The van der Waals surface area contributed by atoms with Crippen molar-refractivity contribution in [1.29, 1.82) is 0 Å². The number of benzene rings is 1. The van der Waals surface area contributed by atoms with E-state index in [1.165, 1.54) is 0 Å². The molecular formula is C12H13FO. The van der Waals surface area contributed by atoms with Crippen LogP contribution in [0, 0.1) is 5.82 Å². The van der Waals surface area contributed by atoms with E-state index in [4.69, 9.17) is 0 Å². The van der Waals surface area contributed by atoms with Crippen LogP contribution in [0.4, 0.5) is 4.39 Å². The van der Waals surface area contributed by atoms with Gasteiger partial charge in [0, 0.05) is 6.42 Å². The summed E-state index contributed by atoms with van der Waals surface area (Å²) in [7, 11) is 0. The Hall–Kier alpha value is -1.18. The maximum absolute atomic E-state index is 13.8. The number of hydrogen-bond donors (Lipinski definition) is 0. The molecule has 0 fully saturated rings. The SMILES string of the molecule is O=CCCc1ccc2c(c1F)CCC2. The molecule has 0 saturated heterocycles. The lowest BCUT2D eigenvalue weighted by molar-refractivity contribution is -0.107. The van der Waals surface area contributed by atoms with Gasteiger partial charge >= 0.3 is 0 Å². The Morgan fingerprint density at radius 1 is 1.36 bits per heavy atom. The van der Waals surface area contributed by atoms with Crippen molar-refractivity contribution in [2.24, 2.45) is 0 Å². The second-order valence-electron chi connectivity index (χ2n) is 3.74. The summed E-state index contributed by atoms with van der Waals surface area (Å²) < 4.78 is 13.8. The van der Waals surface area contributed by atoms with E-state index in [1.807, 2.05) is 12.1 Å². The summed E-state index contributed by atoms with van der Waals surface area (Å²) >= 11 is 0. The lowest BCUT2D eigenvalue weighted by Gasteiger charge is -2.06. The molecule has 1 nitrogen and oxygen atoms in total. The monoisotopic (exact) mass is 192 g/mol. The molecule has 0 saturated carbocycles. The third-order valence-corrected chi connectivity index (χ3v) is 2.82. The van der Waals surface area contributed by atoms with Crippen molar-refractivity contribution in [3.8, 4) is 0 Å². The van der Waals surface area contributed by atoms with Crippen LogP contribution in [-0.2, 0) is 24.1 Å². The Morgan fingerprint density at radius 3 is 3.00 bits per heavy atom. The van der Waals surface area contributed by atoms with E-state index >= 15 is 0 Å². The average molecular weight is 192 g/mol. The molecule has 0 N–H and O–H groups in total. The standard InChI is InChI=1S/C12H13FO/c13-12-10(4-2-8-14)7-6-9-3-1-5-11(9)12/h6-8H,1-5H2. The van der Waals surface area contributed by atoms with Crippen molar-refractivity contribution in [3.05, 3.63) is 34.6 Å². The second kappa shape index (κ2) is 3.91. The first kappa shape index (κ1) is 9.38. The van der Waals surface area contributed by atoms with Crippen LogP contribution in [0.15, 0.2) is 12.1 Å². The molecule has 0 aliphatic heterocycles. The minimum atomic E-state index is -0.0677. The van der Waals surface area contributed by atoms with Gasteiger partial charge in [0.2, 0.25) is 0 Å². The maximum Gasteiger partial charge on any atom is 0.129 e. The molecule has 0 aromatic heterocycles. The van der Waals surface area contributed by atoms with Gasteiger partial charge in [-0.05, 0) is 42.4 Å². The van der Waals surface area contributed by atoms with Gasteiger partial charge in [0.25, 0.3) is 0 Å². The fourth-order valence-electron chi connectivity index (χ4n) is 2.08.